The van der Waals surface area contributed by atoms with E-state index in [-0.39, 0.29) is 10.8 Å². The molecule has 0 N–H and O–H groups in total. The number of hydrogen-bond donors (Lipinski definition) is 0. The number of hydrogen-bond acceptors (Lipinski definition) is 4. The molecule has 1 unspecified atom stereocenters. The van der Waals surface area contributed by atoms with Crippen molar-refractivity contribution in [2.24, 2.45) is 39.7 Å². The molecule has 0 saturated heterocycles. The van der Waals surface area contributed by atoms with E-state index in [9.17, 15) is 9.59 Å². The highest BCUT2D eigenvalue weighted by atomic mass is 16.6. The summed E-state index contributed by atoms with van der Waals surface area (Å²) in [5.41, 5.74) is 0.777. The Morgan fingerprint density at radius 1 is 1.19 bits per heavy atom. The van der Waals surface area contributed by atoms with E-state index in [1.807, 2.05) is 0 Å². The van der Waals surface area contributed by atoms with E-state index in [1.165, 1.54) is 0 Å². The van der Waals surface area contributed by atoms with Crippen LogP contribution in [0.25, 0.3) is 0 Å². The SMILES string of the molecule is C=CCO/N=C1/CC(=O)CC2CC[C@@H]3[C@H](CC[C@]4(C)C(=O)CC[C@@H]34)[C@@]12C. The smallest absolute Gasteiger partial charge is 0.139 e. The van der Waals surface area contributed by atoms with Gasteiger partial charge in [0.25, 0.3) is 0 Å². The topological polar surface area (TPSA) is 55.7 Å². The van der Waals surface area contributed by atoms with Crippen molar-refractivity contribution >= 4 is 17.3 Å². The number of carbonyl (C=O) groups excluding carboxylic acids is 2. The first-order chi connectivity index (χ1) is 12.4. The first-order valence-electron chi connectivity index (χ1n) is 10.3. The fourth-order valence-corrected chi connectivity index (χ4v) is 6.99. The fourth-order valence-electron chi connectivity index (χ4n) is 6.99. The highest BCUT2D eigenvalue weighted by Crippen LogP contribution is 2.64. The van der Waals surface area contributed by atoms with Gasteiger partial charge in [0.2, 0.25) is 0 Å². The predicted molar refractivity (Wildman–Crippen MR) is 101 cm³/mol. The Hall–Kier alpha value is -1.45. The molecular formula is C22H31NO3. The molecule has 142 valence electrons. The van der Waals surface area contributed by atoms with Crippen LogP contribution in [0.2, 0.25) is 0 Å². The molecule has 0 aliphatic heterocycles. The van der Waals surface area contributed by atoms with Gasteiger partial charge in [-0.2, -0.15) is 0 Å². The normalized spacial score (nSPS) is 46.5. The Labute approximate surface area is 156 Å². The van der Waals surface area contributed by atoms with E-state index in [2.05, 4.69) is 25.6 Å². The minimum Gasteiger partial charge on any atom is -0.392 e. The molecule has 0 bridgehead atoms. The number of ketones is 2. The standard InChI is InChI=1S/C22H31NO3/c1-4-11-26-23-19-13-15(24)12-14-5-6-16-17-7-8-20(25)21(17,2)10-9-18(16)22(14,19)3/h4,14,16-18H,1,5-13H2,2-3H3/b23-19-/t14?,16-,17-,18-,21-,22-/m0/s1. The third-order valence-electron chi connectivity index (χ3n) is 8.44. The third-order valence-corrected chi connectivity index (χ3v) is 8.44. The van der Waals surface area contributed by atoms with E-state index in [0.717, 1.165) is 44.2 Å². The van der Waals surface area contributed by atoms with Gasteiger partial charge in [-0.05, 0) is 55.8 Å². The van der Waals surface area contributed by atoms with Crippen molar-refractivity contribution in [1.29, 1.82) is 0 Å². The summed E-state index contributed by atoms with van der Waals surface area (Å²) < 4.78 is 0. The summed E-state index contributed by atoms with van der Waals surface area (Å²) in [4.78, 5) is 30.3. The number of rotatable bonds is 3. The lowest BCUT2D eigenvalue weighted by atomic mass is 9.45. The number of fused-ring (bicyclic) bond motifs is 5. The highest BCUT2D eigenvalue weighted by molar-refractivity contribution is 6.07. The summed E-state index contributed by atoms with van der Waals surface area (Å²) in [6, 6.07) is 0. The summed E-state index contributed by atoms with van der Waals surface area (Å²) >= 11 is 0. The van der Waals surface area contributed by atoms with Gasteiger partial charge in [-0.25, -0.2) is 0 Å². The molecule has 4 nitrogen and oxygen atoms in total. The molecule has 26 heavy (non-hydrogen) atoms. The van der Waals surface area contributed by atoms with Crippen LogP contribution >= 0.6 is 0 Å². The Kier molecular flexibility index (Phi) is 4.36. The molecule has 0 aromatic heterocycles. The lowest BCUT2D eigenvalue weighted by molar-refractivity contribution is -0.135. The molecule has 4 heteroatoms. The number of nitrogens with zero attached hydrogens (tertiary/aromatic N) is 1. The van der Waals surface area contributed by atoms with Crippen LogP contribution in [0.3, 0.4) is 0 Å². The van der Waals surface area contributed by atoms with Crippen molar-refractivity contribution in [3.05, 3.63) is 12.7 Å². The van der Waals surface area contributed by atoms with Crippen molar-refractivity contribution in [2.75, 3.05) is 6.61 Å². The molecule has 4 aliphatic rings. The van der Waals surface area contributed by atoms with Crippen LogP contribution in [-0.4, -0.2) is 23.9 Å². The van der Waals surface area contributed by atoms with Gasteiger partial charge < -0.3 is 4.84 Å². The van der Waals surface area contributed by atoms with Crippen molar-refractivity contribution in [3.8, 4) is 0 Å². The zero-order valence-electron chi connectivity index (χ0n) is 16.1. The molecule has 4 aliphatic carbocycles. The zero-order valence-corrected chi connectivity index (χ0v) is 16.1. The molecule has 0 radical (unpaired) electrons. The molecule has 0 heterocycles. The van der Waals surface area contributed by atoms with E-state index in [0.29, 0.717) is 54.7 Å². The van der Waals surface area contributed by atoms with E-state index in [4.69, 9.17) is 4.84 Å². The lowest BCUT2D eigenvalue weighted by Crippen LogP contribution is -2.57. The van der Waals surface area contributed by atoms with Crippen LogP contribution in [0.15, 0.2) is 17.8 Å². The van der Waals surface area contributed by atoms with Crippen LogP contribution in [-0.2, 0) is 14.4 Å². The molecule has 4 saturated carbocycles. The van der Waals surface area contributed by atoms with Crippen molar-refractivity contribution < 1.29 is 14.4 Å². The molecule has 0 aromatic rings. The number of oxime groups is 1. The second kappa shape index (κ2) is 6.31. The van der Waals surface area contributed by atoms with Crippen LogP contribution in [0.1, 0.15) is 65.2 Å². The zero-order chi connectivity index (χ0) is 18.5. The predicted octanol–water partition coefficient (Wildman–Crippen LogP) is 4.34. The molecule has 0 aromatic carbocycles. The molecule has 4 fully saturated rings. The van der Waals surface area contributed by atoms with Gasteiger partial charge in [-0.15, -0.1) is 0 Å². The number of carbonyl (C=O) groups is 2. The maximum atomic E-state index is 12.6. The average Bonchev–Trinajstić information content (AvgIpc) is 2.91. The lowest BCUT2D eigenvalue weighted by Gasteiger charge is -2.59. The van der Waals surface area contributed by atoms with Crippen LogP contribution in [0, 0.1) is 34.5 Å². The quantitative estimate of drug-likeness (QED) is 0.429. The van der Waals surface area contributed by atoms with Crippen LogP contribution in [0.5, 0.6) is 0 Å². The Balaban J connectivity index is 1.68. The van der Waals surface area contributed by atoms with Gasteiger partial charge in [0.15, 0.2) is 0 Å². The van der Waals surface area contributed by atoms with Crippen molar-refractivity contribution in [2.45, 2.75) is 65.2 Å². The summed E-state index contributed by atoms with van der Waals surface area (Å²) in [5.74, 6) is 2.76. The highest BCUT2D eigenvalue weighted by Gasteiger charge is 2.62. The first-order valence-corrected chi connectivity index (χ1v) is 10.3. The van der Waals surface area contributed by atoms with Crippen molar-refractivity contribution in [3.63, 3.8) is 0 Å². The Morgan fingerprint density at radius 2 is 2.00 bits per heavy atom. The maximum Gasteiger partial charge on any atom is 0.139 e. The first kappa shape index (κ1) is 17.9. The summed E-state index contributed by atoms with van der Waals surface area (Å²) in [6.07, 6.45) is 8.91. The second-order valence-corrected chi connectivity index (χ2v) is 9.39. The van der Waals surface area contributed by atoms with Gasteiger partial charge in [-0.3, -0.25) is 9.59 Å². The van der Waals surface area contributed by atoms with E-state index >= 15 is 0 Å². The van der Waals surface area contributed by atoms with Gasteiger partial charge in [0.05, 0.1) is 5.71 Å². The number of Topliss-reactive ketones (excluding diaryl/α,β-unsaturated/α-hetero) is 2. The molecule has 0 amide bonds. The molecular weight excluding hydrogens is 326 g/mol. The monoisotopic (exact) mass is 357 g/mol. The van der Waals surface area contributed by atoms with Gasteiger partial charge >= 0.3 is 0 Å². The van der Waals surface area contributed by atoms with Crippen LogP contribution in [0.4, 0.5) is 0 Å². The maximum absolute atomic E-state index is 12.6. The Morgan fingerprint density at radius 3 is 2.77 bits per heavy atom. The summed E-state index contributed by atoms with van der Waals surface area (Å²) in [6.45, 7) is 8.60. The minimum atomic E-state index is -0.106. The summed E-state index contributed by atoms with van der Waals surface area (Å²) in [5, 5.41) is 4.45. The van der Waals surface area contributed by atoms with Crippen molar-refractivity contribution in [1.82, 2.24) is 0 Å². The van der Waals surface area contributed by atoms with Gasteiger partial charge in [0, 0.05) is 30.1 Å². The third kappa shape index (κ3) is 2.44. The second-order valence-electron chi connectivity index (χ2n) is 9.39. The molecule has 4 rings (SSSR count). The van der Waals surface area contributed by atoms with Gasteiger partial charge in [-0.1, -0.05) is 31.7 Å². The van der Waals surface area contributed by atoms with E-state index in [1.54, 1.807) is 6.08 Å². The van der Waals surface area contributed by atoms with Gasteiger partial charge in [0.1, 0.15) is 18.2 Å². The van der Waals surface area contributed by atoms with E-state index < -0.39 is 0 Å². The largest absolute Gasteiger partial charge is 0.392 e. The molecule has 6 atom stereocenters. The minimum absolute atomic E-state index is 0.0645. The molecule has 0 spiro atoms. The average molecular weight is 357 g/mol. The fraction of sp³-hybridized carbons (Fsp3) is 0.773. The van der Waals surface area contributed by atoms with Crippen LogP contribution < -0.4 is 0 Å². The Bertz CT molecular complexity index is 668. The summed E-state index contributed by atoms with van der Waals surface area (Å²) in [7, 11) is 0.